The molecule has 2 unspecified atom stereocenters. The zero-order chi connectivity index (χ0) is 14.5. The molecule has 0 saturated carbocycles. The Morgan fingerprint density at radius 2 is 2.00 bits per heavy atom. The summed E-state index contributed by atoms with van der Waals surface area (Å²) in [5.41, 5.74) is 1.27. The standard InChI is InChI=1S/C15H19NO3S/c1-11-13(12-5-3-2-4-6-12)7-8-16(11)14(17)9-20-10-15(18)19/h2-6,11,13H,7-10H2,1H3,(H,18,19). The van der Waals surface area contributed by atoms with Crippen LogP contribution in [0.3, 0.4) is 0 Å². The minimum Gasteiger partial charge on any atom is -0.481 e. The average Bonchev–Trinajstić information content (AvgIpc) is 2.81. The van der Waals surface area contributed by atoms with Crippen LogP contribution in [0.4, 0.5) is 0 Å². The summed E-state index contributed by atoms with van der Waals surface area (Å²) in [5.74, 6) is -0.222. The Bertz CT molecular complexity index is 477. The fourth-order valence-electron chi connectivity index (χ4n) is 2.75. The van der Waals surface area contributed by atoms with Crippen LogP contribution in [0.5, 0.6) is 0 Å². The van der Waals surface area contributed by atoms with E-state index < -0.39 is 5.97 Å². The maximum Gasteiger partial charge on any atom is 0.313 e. The Hall–Kier alpha value is -1.49. The normalized spacial score (nSPS) is 21.9. The quantitative estimate of drug-likeness (QED) is 0.904. The second-order valence-electron chi connectivity index (χ2n) is 5.02. The van der Waals surface area contributed by atoms with Crippen molar-refractivity contribution >= 4 is 23.6 Å². The van der Waals surface area contributed by atoms with Crippen LogP contribution in [0.15, 0.2) is 30.3 Å². The van der Waals surface area contributed by atoms with Gasteiger partial charge in [0.25, 0.3) is 0 Å². The lowest BCUT2D eigenvalue weighted by atomic mass is 9.93. The molecule has 1 aromatic rings. The molecule has 1 aromatic carbocycles. The first kappa shape index (κ1) is 14.9. The van der Waals surface area contributed by atoms with Gasteiger partial charge in [0.1, 0.15) is 0 Å². The largest absolute Gasteiger partial charge is 0.481 e. The van der Waals surface area contributed by atoms with Crippen LogP contribution in [0.25, 0.3) is 0 Å². The summed E-state index contributed by atoms with van der Waals surface area (Å²) < 4.78 is 0. The highest BCUT2D eigenvalue weighted by Crippen LogP contribution is 2.33. The van der Waals surface area contributed by atoms with Gasteiger partial charge < -0.3 is 10.0 Å². The van der Waals surface area contributed by atoms with E-state index in [1.807, 2.05) is 23.1 Å². The SMILES string of the molecule is CC1C(c2ccccc2)CCN1C(=O)CSCC(=O)O. The van der Waals surface area contributed by atoms with E-state index in [9.17, 15) is 9.59 Å². The minimum absolute atomic E-state index is 0.0178. The van der Waals surface area contributed by atoms with E-state index in [1.165, 1.54) is 5.56 Å². The van der Waals surface area contributed by atoms with Crippen LogP contribution >= 0.6 is 11.8 Å². The smallest absolute Gasteiger partial charge is 0.313 e. The number of rotatable bonds is 5. The van der Waals surface area contributed by atoms with E-state index in [0.29, 0.717) is 5.92 Å². The van der Waals surface area contributed by atoms with Crippen LogP contribution in [0.2, 0.25) is 0 Å². The van der Waals surface area contributed by atoms with Crippen molar-refractivity contribution < 1.29 is 14.7 Å². The minimum atomic E-state index is -0.876. The summed E-state index contributed by atoms with van der Waals surface area (Å²) in [6.45, 7) is 2.83. The molecule has 4 nitrogen and oxygen atoms in total. The number of carbonyl (C=O) groups excluding carboxylic acids is 1. The van der Waals surface area contributed by atoms with Crippen LogP contribution in [-0.4, -0.2) is 46.0 Å². The molecule has 0 aliphatic carbocycles. The zero-order valence-corrected chi connectivity index (χ0v) is 12.3. The molecule has 2 atom stereocenters. The monoisotopic (exact) mass is 293 g/mol. The van der Waals surface area contributed by atoms with Crippen molar-refractivity contribution in [3.63, 3.8) is 0 Å². The number of nitrogens with zero attached hydrogens (tertiary/aromatic N) is 1. The molecule has 1 aliphatic heterocycles. The number of carbonyl (C=O) groups is 2. The maximum absolute atomic E-state index is 12.1. The molecule has 1 amide bonds. The Labute approximate surface area is 123 Å². The molecule has 1 aliphatic rings. The van der Waals surface area contributed by atoms with Gasteiger partial charge in [-0.15, -0.1) is 11.8 Å². The first-order chi connectivity index (χ1) is 9.59. The van der Waals surface area contributed by atoms with Crippen molar-refractivity contribution in [2.45, 2.75) is 25.3 Å². The van der Waals surface area contributed by atoms with Gasteiger partial charge in [-0.1, -0.05) is 30.3 Å². The molecule has 0 bridgehead atoms. The van der Waals surface area contributed by atoms with Gasteiger partial charge in [-0.3, -0.25) is 9.59 Å². The van der Waals surface area contributed by atoms with Gasteiger partial charge in [-0.2, -0.15) is 0 Å². The molecule has 20 heavy (non-hydrogen) atoms. The zero-order valence-electron chi connectivity index (χ0n) is 11.5. The third kappa shape index (κ3) is 3.54. The van der Waals surface area contributed by atoms with Crippen LogP contribution in [0, 0.1) is 0 Å². The molecular formula is C15H19NO3S. The number of carboxylic acid groups (broad SMARTS) is 1. The lowest BCUT2D eigenvalue weighted by Gasteiger charge is -2.25. The third-order valence-electron chi connectivity index (χ3n) is 3.75. The summed E-state index contributed by atoms with van der Waals surface area (Å²) in [4.78, 5) is 24.5. The molecular weight excluding hydrogens is 274 g/mol. The first-order valence-electron chi connectivity index (χ1n) is 6.73. The fraction of sp³-hybridized carbons (Fsp3) is 0.467. The Morgan fingerprint density at radius 1 is 1.30 bits per heavy atom. The highest BCUT2D eigenvalue weighted by molar-refractivity contribution is 8.00. The summed E-state index contributed by atoms with van der Waals surface area (Å²) >= 11 is 1.16. The van der Waals surface area contributed by atoms with Gasteiger partial charge in [0.2, 0.25) is 5.91 Å². The Morgan fingerprint density at radius 3 is 2.65 bits per heavy atom. The van der Waals surface area contributed by atoms with Crippen molar-refractivity contribution in [1.82, 2.24) is 4.90 Å². The molecule has 1 saturated heterocycles. The number of aliphatic carboxylic acids is 1. The molecule has 0 aromatic heterocycles. The lowest BCUT2D eigenvalue weighted by Crippen LogP contribution is -2.36. The Balaban J connectivity index is 1.92. The number of carboxylic acids is 1. The fourth-order valence-corrected chi connectivity index (χ4v) is 3.36. The molecule has 5 heteroatoms. The van der Waals surface area contributed by atoms with Gasteiger partial charge in [0, 0.05) is 18.5 Å². The average molecular weight is 293 g/mol. The van der Waals surface area contributed by atoms with Crippen LogP contribution in [-0.2, 0) is 9.59 Å². The molecule has 108 valence electrons. The molecule has 0 radical (unpaired) electrons. The summed E-state index contributed by atoms with van der Waals surface area (Å²) in [6.07, 6.45) is 0.973. The van der Waals surface area contributed by atoms with Crippen molar-refractivity contribution in [2.75, 3.05) is 18.1 Å². The van der Waals surface area contributed by atoms with E-state index in [2.05, 4.69) is 19.1 Å². The number of likely N-dealkylation sites (tertiary alicyclic amines) is 1. The van der Waals surface area contributed by atoms with Gasteiger partial charge >= 0.3 is 5.97 Å². The predicted molar refractivity (Wildman–Crippen MR) is 79.9 cm³/mol. The van der Waals surface area contributed by atoms with E-state index in [1.54, 1.807) is 0 Å². The van der Waals surface area contributed by atoms with Gasteiger partial charge in [0.05, 0.1) is 11.5 Å². The Kier molecular flexibility index (Phi) is 5.06. The van der Waals surface area contributed by atoms with Crippen molar-refractivity contribution in [3.05, 3.63) is 35.9 Å². The summed E-state index contributed by atoms with van der Waals surface area (Å²) in [7, 11) is 0. The van der Waals surface area contributed by atoms with Crippen LogP contribution < -0.4 is 0 Å². The first-order valence-corrected chi connectivity index (χ1v) is 7.89. The highest BCUT2D eigenvalue weighted by Gasteiger charge is 2.34. The molecule has 1 N–H and O–H groups in total. The maximum atomic E-state index is 12.1. The number of hydrogen-bond acceptors (Lipinski definition) is 3. The number of hydrogen-bond donors (Lipinski definition) is 1. The molecule has 1 fully saturated rings. The second kappa shape index (κ2) is 6.79. The third-order valence-corrected chi connectivity index (χ3v) is 4.66. The number of thioether (sulfide) groups is 1. The van der Waals surface area contributed by atoms with Crippen molar-refractivity contribution in [3.8, 4) is 0 Å². The topological polar surface area (TPSA) is 57.6 Å². The van der Waals surface area contributed by atoms with Crippen molar-refractivity contribution in [2.24, 2.45) is 0 Å². The second-order valence-corrected chi connectivity index (χ2v) is 6.01. The van der Waals surface area contributed by atoms with E-state index >= 15 is 0 Å². The van der Waals surface area contributed by atoms with E-state index in [-0.39, 0.29) is 23.5 Å². The number of benzene rings is 1. The summed E-state index contributed by atoms with van der Waals surface area (Å²) in [6, 6.07) is 10.4. The van der Waals surface area contributed by atoms with Gasteiger partial charge in [-0.05, 0) is 18.9 Å². The van der Waals surface area contributed by atoms with Crippen molar-refractivity contribution in [1.29, 1.82) is 0 Å². The lowest BCUT2D eigenvalue weighted by molar-refractivity contribution is -0.133. The van der Waals surface area contributed by atoms with Gasteiger partial charge in [0.15, 0.2) is 0 Å². The van der Waals surface area contributed by atoms with Gasteiger partial charge in [-0.25, -0.2) is 0 Å². The number of amides is 1. The molecule has 1 heterocycles. The predicted octanol–water partition coefficient (Wildman–Crippen LogP) is 2.21. The molecule has 0 spiro atoms. The summed E-state index contributed by atoms with van der Waals surface area (Å²) in [5, 5.41) is 8.59. The highest BCUT2D eigenvalue weighted by atomic mass is 32.2. The molecule has 2 rings (SSSR count). The van der Waals surface area contributed by atoms with E-state index in [4.69, 9.17) is 5.11 Å². The van der Waals surface area contributed by atoms with Crippen LogP contribution in [0.1, 0.15) is 24.8 Å². The van der Waals surface area contributed by atoms with E-state index in [0.717, 1.165) is 24.7 Å².